The minimum Gasteiger partial charge on any atom is -0.455 e. The number of rotatable bonds is 4. The molecule has 8 nitrogen and oxygen atoms in total. The summed E-state index contributed by atoms with van der Waals surface area (Å²) < 4.78 is 5.32. The SMILES string of the molecule is C[C@@H]1CC(=O)Nc2ccccc2N1C(=O)COC(=O)[C@H]1CC(=O)N(C2CCCC2)C1. The standard InChI is InChI=1S/C22H27N3O5/c1-14-10-19(26)23-17-8-4-5-9-18(17)25(14)21(28)13-30-22(29)15-11-20(27)24(12-15)16-6-2-3-7-16/h4-5,8-9,14-16H,2-3,6-7,10-13H2,1H3,(H,23,26)/t14-,15+/m1/s1. The summed E-state index contributed by atoms with van der Waals surface area (Å²) in [4.78, 5) is 53.2. The summed E-state index contributed by atoms with van der Waals surface area (Å²) in [5, 5.41) is 2.80. The van der Waals surface area contributed by atoms with Crippen molar-refractivity contribution in [3.63, 3.8) is 0 Å². The van der Waals surface area contributed by atoms with Gasteiger partial charge < -0.3 is 19.9 Å². The molecule has 1 aliphatic carbocycles. The van der Waals surface area contributed by atoms with Crippen LogP contribution in [0.2, 0.25) is 0 Å². The molecule has 8 heteroatoms. The van der Waals surface area contributed by atoms with Crippen molar-refractivity contribution in [2.24, 2.45) is 5.92 Å². The van der Waals surface area contributed by atoms with E-state index in [1.54, 1.807) is 31.2 Å². The minimum atomic E-state index is -0.525. The van der Waals surface area contributed by atoms with Crippen molar-refractivity contribution in [1.82, 2.24) is 4.90 Å². The van der Waals surface area contributed by atoms with Gasteiger partial charge in [-0.25, -0.2) is 0 Å². The number of hydrogen-bond donors (Lipinski definition) is 1. The summed E-state index contributed by atoms with van der Waals surface area (Å²) >= 11 is 0. The van der Waals surface area contributed by atoms with Crippen LogP contribution in [0.4, 0.5) is 11.4 Å². The average molecular weight is 413 g/mol. The quantitative estimate of drug-likeness (QED) is 0.763. The lowest BCUT2D eigenvalue weighted by molar-refractivity contribution is -0.152. The van der Waals surface area contributed by atoms with Crippen LogP contribution < -0.4 is 10.2 Å². The molecule has 2 aliphatic heterocycles. The second kappa shape index (κ2) is 8.45. The number of fused-ring (bicyclic) bond motifs is 1. The third-order valence-corrected chi connectivity index (χ3v) is 6.22. The zero-order valence-electron chi connectivity index (χ0n) is 17.1. The number of anilines is 2. The van der Waals surface area contributed by atoms with E-state index in [1.807, 2.05) is 4.90 Å². The van der Waals surface area contributed by atoms with E-state index in [1.165, 1.54) is 4.90 Å². The number of ether oxygens (including phenoxy) is 1. The van der Waals surface area contributed by atoms with Crippen molar-refractivity contribution < 1.29 is 23.9 Å². The van der Waals surface area contributed by atoms with Crippen molar-refractivity contribution in [2.45, 2.75) is 57.5 Å². The van der Waals surface area contributed by atoms with Gasteiger partial charge in [0.2, 0.25) is 11.8 Å². The third kappa shape index (κ3) is 4.04. The van der Waals surface area contributed by atoms with Crippen LogP contribution in [0.3, 0.4) is 0 Å². The number of hydrogen-bond acceptors (Lipinski definition) is 5. The monoisotopic (exact) mass is 413 g/mol. The second-order valence-electron chi connectivity index (χ2n) is 8.38. The van der Waals surface area contributed by atoms with Gasteiger partial charge in [-0.2, -0.15) is 0 Å². The molecule has 1 saturated heterocycles. The van der Waals surface area contributed by atoms with Crippen LogP contribution >= 0.6 is 0 Å². The zero-order valence-corrected chi connectivity index (χ0v) is 17.1. The van der Waals surface area contributed by atoms with Crippen molar-refractivity contribution in [1.29, 1.82) is 0 Å². The zero-order chi connectivity index (χ0) is 21.3. The van der Waals surface area contributed by atoms with Crippen LogP contribution in [0.15, 0.2) is 24.3 Å². The summed E-state index contributed by atoms with van der Waals surface area (Å²) in [5.41, 5.74) is 1.14. The first-order chi connectivity index (χ1) is 14.4. The number of esters is 1. The topological polar surface area (TPSA) is 96.0 Å². The van der Waals surface area contributed by atoms with Gasteiger partial charge in [-0.1, -0.05) is 25.0 Å². The van der Waals surface area contributed by atoms with Crippen molar-refractivity contribution in [3.8, 4) is 0 Å². The van der Waals surface area contributed by atoms with Crippen LogP contribution in [0.5, 0.6) is 0 Å². The maximum absolute atomic E-state index is 12.9. The first-order valence-electron chi connectivity index (χ1n) is 10.6. The maximum Gasteiger partial charge on any atom is 0.311 e. The Labute approximate surface area is 175 Å². The number of likely N-dealkylation sites (tertiary alicyclic amines) is 1. The molecule has 0 unspecified atom stereocenters. The molecular weight excluding hydrogens is 386 g/mol. The Morgan fingerprint density at radius 1 is 1.13 bits per heavy atom. The normalized spacial score (nSPS) is 24.4. The molecule has 0 radical (unpaired) electrons. The molecule has 1 saturated carbocycles. The van der Waals surface area contributed by atoms with Gasteiger partial charge in [0.15, 0.2) is 6.61 Å². The van der Waals surface area contributed by atoms with Gasteiger partial charge in [0.1, 0.15) is 0 Å². The molecule has 2 fully saturated rings. The molecule has 1 aromatic rings. The number of para-hydroxylation sites is 2. The van der Waals surface area contributed by atoms with E-state index >= 15 is 0 Å². The number of benzene rings is 1. The van der Waals surface area contributed by atoms with Crippen molar-refractivity contribution in [2.75, 3.05) is 23.4 Å². The molecule has 30 heavy (non-hydrogen) atoms. The average Bonchev–Trinajstić information content (AvgIpc) is 3.34. The van der Waals surface area contributed by atoms with Crippen molar-refractivity contribution in [3.05, 3.63) is 24.3 Å². The van der Waals surface area contributed by atoms with Gasteiger partial charge >= 0.3 is 5.97 Å². The Hall–Kier alpha value is -2.90. The summed E-state index contributed by atoms with van der Waals surface area (Å²) in [6.07, 6.45) is 4.51. The molecular formula is C22H27N3O5. The van der Waals surface area contributed by atoms with Crippen LogP contribution in [0, 0.1) is 5.92 Å². The summed E-state index contributed by atoms with van der Waals surface area (Å²) in [5.74, 6) is -1.60. The number of amides is 3. The molecule has 0 bridgehead atoms. The molecule has 3 aliphatic rings. The Morgan fingerprint density at radius 3 is 2.63 bits per heavy atom. The summed E-state index contributed by atoms with van der Waals surface area (Å²) in [6.45, 7) is 1.74. The molecule has 4 rings (SSSR count). The van der Waals surface area contributed by atoms with E-state index in [0.717, 1.165) is 25.7 Å². The molecule has 2 atom stereocenters. The lowest BCUT2D eigenvalue weighted by atomic mass is 10.1. The Morgan fingerprint density at radius 2 is 1.87 bits per heavy atom. The van der Waals surface area contributed by atoms with Crippen LogP contribution in [0.25, 0.3) is 0 Å². The van der Waals surface area contributed by atoms with Crippen LogP contribution in [-0.2, 0) is 23.9 Å². The van der Waals surface area contributed by atoms with Gasteiger partial charge in [0.05, 0.1) is 17.3 Å². The van der Waals surface area contributed by atoms with E-state index in [-0.39, 0.29) is 36.7 Å². The fourth-order valence-electron chi connectivity index (χ4n) is 4.75. The number of carbonyl (C=O) groups is 4. The van der Waals surface area contributed by atoms with E-state index in [0.29, 0.717) is 17.9 Å². The highest BCUT2D eigenvalue weighted by Gasteiger charge is 2.40. The van der Waals surface area contributed by atoms with Crippen LogP contribution in [0.1, 0.15) is 45.4 Å². The number of nitrogens with zero attached hydrogens (tertiary/aromatic N) is 2. The molecule has 0 spiro atoms. The van der Waals surface area contributed by atoms with Gasteiger partial charge in [0, 0.05) is 31.5 Å². The Kier molecular flexibility index (Phi) is 5.74. The summed E-state index contributed by atoms with van der Waals surface area (Å²) in [6, 6.07) is 6.93. The molecule has 1 N–H and O–H groups in total. The van der Waals surface area contributed by atoms with E-state index in [4.69, 9.17) is 4.74 Å². The molecule has 1 aromatic carbocycles. The van der Waals surface area contributed by atoms with E-state index in [9.17, 15) is 19.2 Å². The van der Waals surface area contributed by atoms with Crippen LogP contribution in [-0.4, -0.2) is 53.8 Å². The summed E-state index contributed by atoms with van der Waals surface area (Å²) in [7, 11) is 0. The Bertz CT molecular complexity index is 864. The highest BCUT2D eigenvalue weighted by atomic mass is 16.5. The predicted molar refractivity (Wildman–Crippen MR) is 110 cm³/mol. The predicted octanol–water partition coefficient (Wildman–Crippen LogP) is 2.08. The molecule has 160 valence electrons. The van der Waals surface area contributed by atoms with E-state index < -0.39 is 24.4 Å². The van der Waals surface area contributed by atoms with Gasteiger partial charge in [-0.05, 0) is 31.9 Å². The fourth-order valence-corrected chi connectivity index (χ4v) is 4.75. The van der Waals surface area contributed by atoms with Gasteiger partial charge in [0.25, 0.3) is 5.91 Å². The first-order valence-corrected chi connectivity index (χ1v) is 10.6. The molecule has 3 amide bonds. The first kappa shape index (κ1) is 20.4. The fraction of sp³-hybridized carbons (Fsp3) is 0.545. The number of nitrogens with one attached hydrogen (secondary N) is 1. The Balaban J connectivity index is 1.39. The lowest BCUT2D eigenvalue weighted by Crippen LogP contribution is -2.42. The lowest BCUT2D eigenvalue weighted by Gasteiger charge is -2.27. The second-order valence-corrected chi connectivity index (χ2v) is 8.38. The smallest absolute Gasteiger partial charge is 0.311 e. The minimum absolute atomic E-state index is 0.00479. The van der Waals surface area contributed by atoms with E-state index in [2.05, 4.69) is 5.32 Å². The van der Waals surface area contributed by atoms with Gasteiger partial charge in [-0.15, -0.1) is 0 Å². The largest absolute Gasteiger partial charge is 0.455 e. The molecule has 2 heterocycles. The number of carbonyl (C=O) groups excluding carboxylic acids is 4. The third-order valence-electron chi connectivity index (χ3n) is 6.22. The van der Waals surface area contributed by atoms with Crippen molar-refractivity contribution >= 4 is 35.1 Å². The molecule has 0 aromatic heterocycles. The van der Waals surface area contributed by atoms with Gasteiger partial charge in [-0.3, -0.25) is 19.2 Å². The maximum atomic E-state index is 12.9. The highest BCUT2D eigenvalue weighted by molar-refractivity contribution is 6.05. The highest BCUT2D eigenvalue weighted by Crippen LogP contribution is 2.32.